The molecule has 0 radical (unpaired) electrons. The Morgan fingerprint density at radius 2 is 2.50 bits per heavy atom. The quantitative estimate of drug-likeness (QED) is 0.732. The second-order valence-electron chi connectivity index (χ2n) is 4.24. The molecular weight excluding hydrogens is 221 g/mol. The van der Waals surface area contributed by atoms with Gasteiger partial charge in [-0.3, -0.25) is 4.90 Å². The van der Waals surface area contributed by atoms with Crippen LogP contribution in [0.3, 0.4) is 0 Å². The largest absolute Gasteiger partial charge is 0.311 e. The van der Waals surface area contributed by atoms with Gasteiger partial charge in [-0.05, 0) is 30.6 Å². The van der Waals surface area contributed by atoms with Crippen molar-refractivity contribution in [2.75, 3.05) is 26.0 Å². The lowest BCUT2D eigenvalue weighted by Gasteiger charge is -2.30. The van der Waals surface area contributed by atoms with E-state index in [9.17, 15) is 4.39 Å². The monoisotopic (exact) mass is 237 g/mol. The highest BCUT2D eigenvalue weighted by molar-refractivity contribution is 8.25. The zero-order chi connectivity index (χ0) is 10.2. The van der Waals surface area contributed by atoms with Gasteiger partial charge in [-0.15, -0.1) is 0 Å². The first-order chi connectivity index (χ1) is 6.62. The summed E-state index contributed by atoms with van der Waals surface area (Å²) in [5.74, 6) is 0. The van der Waals surface area contributed by atoms with Gasteiger partial charge in [-0.2, -0.15) is 0 Å². The van der Waals surface area contributed by atoms with Crippen LogP contribution < -0.4 is 0 Å². The Bertz CT molecular complexity index is 251. The molecule has 2 rings (SSSR count). The smallest absolute Gasteiger partial charge is 0.115 e. The van der Waals surface area contributed by atoms with Gasteiger partial charge < -0.3 is 4.18 Å². The van der Waals surface area contributed by atoms with Crippen LogP contribution in [0, 0.1) is 0 Å². The minimum atomic E-state index is -0.664. The lowest BCUT2D eigenvalue weighted by atomic mass is 9.95. The Morgan fingerprint density at radius 1 is 1.71 bits per heavy atom. The molecule has 82 valence electrons. The van der Waals surface area contributed by atoms with Crippen molar-refractivity contribution in [3.8, 4) is 0 Å². The fourth-order valence-electron chi connectivity index (χ4n) is 2.64. The zero-order valence-corrected chi connectivity index (χ0v) is 10.0. The van der Waals surface area contributed by atoms with Crippen LogP contribution in [0.25, 0.3) is 0 Å². The van der Waals surface area contributed by atoms with E-state index in [1.165, 1.54) is 6.42 Å². The summed E-state index contributed by atoms with van der Waals surface area (Å²) in [6.45, 7) is 2.24. The SMILES string of the molecule is CS(=S)OC[C@@]12CCCN1C[C@H](F)C2. The third-order valence-electron chi connectivity index (χ3n) is 3.25. The van der Waals surface area contributed by atoms with E-state index >= 15 is 0 Å². The molecule has 1 unspecified atom stereocenters. The molecule has 3 atom stereocenters. The summed E-state index contributed by atoms with van der Waals surface area (Å²) in [6.07, 6.45) is 4.10. The molecule has 0 aromatic rings. The Hall–Kier alpha value is 0.420. The number of fused-ring (bicyclic) bond motifs is 1. The van der Waals surface area contributed by atoms with E-state index in [1.54, 1.807) is 0 Å². The van der Waals surface area contributed by atoms with Gasteiger partial charge in [0.1, 0.15) is 6.17 Å². The number of hydrogen-bond donors (Lipinski definition) is 0. The highest BCUT2D eigenvalue weighted by Gasteiger charge is 2.48. The molecule has 0 N–H and O–H groups in total. The standard InChI is InChI=1S/C9H16FNOS2/c1-14(13)12-7-9-3-2-4-11(9)6-8(10)5-9/h8H,2-7H2,1H3/t8-,9+,14?/m1/s1. The molecule has 2 aliphatic heterocycles. The first kappa shape index (κ1) is 10.9. The van der Waals surface area contributed by atoms with Gasteiger partial charge in [0.15, 0.2) is 0 Å². The van der Waals surface area contributed by atoms with Crippen molar-refractivity contribution in [3.05, 3.63) is 0 Å². The van der Waals surface area contributed by atoms with E-state index < -0.39 is 15.9 Å². The van der Waals surface area contributed by atoms with Crippen molar-refractivity contribution < 1.29 is 8.57 Å². The molecule has 2 fully saturated rings. The summed E-state index contributed by atoms with van der Waals surface area (Å²) in [5.41, 5.74) is -0.0144. The van der Waals surface area contributed by atoms with Crippen LogP contribution in [0.5, 0.6) is 0 Å². The van der Waals surface area contributed by atoms with E-state index in [0.29, 0.717) is 19.6 Å². The topological polar surface area (TPSA) is 12.5 Å². The molecule has 0 saturated carbocycles. The Morgan fingerprint density at radius 3 is 3.21 bits per heavy atom. The van der Waals surface area contributed by atoms with Crippen LogP contribution >= 0.6 is 0 Å². The molecule has 0 spiro atoms. The summed E-state index contributed by atoms with van der Waals surface area (Å²) in [6, 6.07) is 0. The molecule has 2 aliphatic rings. The van der Waals surface area contributed by atoms with Crippen molar-refractivity contribution in [2.45, 2.75) is 31.0 Å². The first-order valence-electron chi connectivity index (χ1n) is 4.98. The van der Waals surface area contributed by atoms with Crippen LogP contribution in [0.2, 0.25) is 0 Å². The summed E-state index contributed by atoms with van der Waals surface area (Å²) in [4.78, 5) is 2.25. The summed E-state index contributed by atoms with van der Waals surface area (Å²) in [5, 5.41) is 0. The van der Waals surface area contributed by atoms with Crippen molar-refractivity contribution in [1.29, 1.82) is 0 Å². The third kappa shape index (κ3) is 2.01. The van der Waals surface area contributed by atoms with Gasteiger partial charge in [0.05, 0.1) is 6.61 Å². The molecule has 5 heteroatoms. The third-order valence-corrected chi connectivity index (χ3v) is 3.99. The van der Waals surface area contributed by atoms with E-state index in [-0.39, 0.29) is 5.54 Å². The molecule has 0 aromatic carbocycles. The lowest BCUT2D eigenvalue weighted by Crippen LogP contribution is -2.42. The second kappa shape index (κ2) is 4.12. The van der Waals surface area contributed by atoms with Gasteiger partial charge in [-0.25, -0.2) is 4.39 Å². The summed E-state index contributed by atoms with van der Waals surface area (Å²) in [7, 11) is -0.403. The van der Waals surface area contributed by atoms with Gasteiger partial charge in [0.25, 0.3) is 0 Å². The molecular formula is C9H16FNOS2. The normalized spacial score (nSPS) is 40.0. The maximum Gasteiger partial charge on any atom is 0.115 e. The van der Waals surface area contributed by atoms with E-state index in [1.807, 2.05) is 6.26 Å². The Labute approximate surface area is 91.6 Å². The maximum absolute atomic E-state index is 13.3. The van der Waals surface area contributed by atoms with Gasteiger partial charge >= 0.3 is 0 Å². The minimum absolute atomic E-state index is 0.0144. The molecule has 0 aromatic heterocycles. The average Bonchev–Trinajstić information content (AvgIpc) is 2.56. The van der Waals surface area contributed by atoms with Crippen LogP contribution in [0.4, 0.5) is 4.39 Å². The fraction of sp³-hybridized carbons (Fsp3) is 1.00. The number of alkyl halides is 1. The molecule has 14 heavy (non-hydrogen) atoms. The van der Waals surface area contributed by atoms with Crippen LogP contribution in [-0.4, -0.2) is 42.6 Å². The number of hydrogen-bond acceptors (Lipinski definition) is 3. The van der Waals surface area contributed by atoms with Crippen LogP contribution in [0.15, 0.2) is 0 Å². The maximum atomic E-state index is 13.3. The van der Waals surface area contributed by atoms with Gasteiger partial charge in [0, 0.05) is 34.5 Å². The van der Waals surface area contributed by atoms with E-state index in [2.05, 4.69) is 4.90 Å². The van der Waals surface area contributed by atoms with Crippen LogP contribution in [0.1, 0.15) is 19.3 Å². The fourth-order valence-corrected chi connectivity index (χ4v) is 3.17. The van der Waals surface area contributed by atoms with Crippen molar-refractivity contribution in [3.63, 3.8) is 0 Å². The highest BCUT2D eigenvalue weighted by Crippen LogP contribution is 2.40. The number of rotatable bonds is 3. The number of halogens is 1. The molecule has 0 amide bonds. The molecule has 2 saturated heterocycles. The summed E-state index contributed by atoms with van der Waals surface area (Å²) < 4.78 is 18.8. The highest BCUT2D eigenvalue weighted by atomic mass is 32.8. The summed E-state index contributed by atoms with van der Waals surface area (Å²) >= 11 is 4.99. The van der Waals surface area contributed by atoms with E-state index in [0.717, 1.165) is 13.0 Å². The van der Waals surface area contributed by atoms with Crippen molar-refractivity contribution >= 4 is 20.9 Å². The average molecular weight is 237 g/mol. The predicted molar refractivity (Wildman–Crippen MR) is 59.7 cm³/mol. The first-order valence-corrected chi connectivity index (χ1v) is 7.46. The molecule has 2 heterocycles. The van der Waals surface area contributed by atoms with Gasteiger partial charge in [0.2, 0.25) is 0 Å². The number of nitrogens with zero attached hydrogens (tertiary/aromatic N) is 1. The molecule has 0 aliphatic carbocycles. The Balaban J connectivity index is 2.01. The van der Waals surface area contributed by atoms with Crippen molar-refractivity contribution in [1.82, 2.24) is 4.90 Å². The minimum Gasteiger partial charge on any atom is -0.311 e. The molecule has 2 nitrogen and oxygen atoms in total. The van der Waals surface area contributed by atoms with Crippen LogP contribution in [-0.2, 0) is 25.1 Å². The predicted octanol–water partition coefficient (Wildman–Crippen LogP) is 1.20. The second-order valence-corrected chi connectivity index (χ2v) is 6.69. The Kier molecular flexibility index (Phi) is 3.21. The molecule has 0 bridgehead atoms. The van der Waals surface area contributed by atoms with Crippen molar-refractivity contribution in [2.24, 2.45) is 0 Å². The van der Waals surface area contributed by atoms with Gasteiger partial charge in [-0.1, -0.05) is 0 Å². The zero-order valence-electron chi connectivity index (χ0n) is 8.37. The van der Waals surface area contributed by atoms with E-state index in [4.69, 9.17) is 15.4 Å². The lowest BCUT2D eigenvalue weighted by molar-refractivity contribution is 0.126.